The van der Waals surface area contributed by atoms with Crippen LogP contribution < -0.4 is 16.6 Å². The Labute approximate surface area is 163 Å². The molecule has 7 nitrogen and oxygen atoms in total. The Balaban J connectivity index is 1.58. The third-order valence-electron chi connectivity index (χ3n) is 4.71. The summed E-state index contributed by atoms with van der Waals surface area (Å²) in [6, 6.07) is 13.0. The Morgan fingerprint density at radius 3 is 2.48 bits per heavy atom. The van der Waals surface area contributed by atoms with Gasteiger partial charge in [-0.15, -0.1) is 0 Å². The molecule has 4 rings (SSSR count). The van der Waals surface area contributed by atoms with Crippen molar-refractivity contribution in [2.75, 3.05) is 0 Å². The standard InChI is InChI=1S/C21H17FN4O3/c1-11-15-8-12(10-23-20(28)17-9-18(27)26-21(29)25-17)2-7-16(15)24-19(11)13-3-5-14(22)6-4-13/h2-9,24H,10H2,1H3,(H,23,28)(H2,25,26,27,29). The van der Waals surface area contributed by atoms with Crippen LogP contribution in [-0.4, -0.2) is 20.9 Å². The molecule has 8 heteroatoms. The predicted octanol–water partition coefficient (Wildman–Crippen LogP) is 2.59. The van der Waals surface area contributed by atoms with Crippen LogP contribution in [0.25, 0.3) is 22.2 Å². The SMILES string of the molecule is Cc1c(-c2ccc(F)cc2)[nH]c2ccc(CNC(=O)c3cc(=O)[nH]c(=O)[nH]3)cc12. The largest absolute Gasteiger partial charge is 0.354 e. The molecule has 0 saturated heterocycles. The summed E-state index contributed by atoms with van der Waals surface area (Å²) in [6.07, 6.45) is 0. The average molecular weight is 392 g/mol. The maximum atomic E-state index is 13.2. The van der Waals surface area contributed by atoms with Crippen LogP contribution in [0.15, 0.2) is 58.1 Å². The molecule has 0 radical (unpaired) electrons. The van der Waals surface area contributed by atoms with E-state index in [4.69, 9.17) is 0 Å². The number of halogens is 1. The minimum absolute atomic E-state index is 0.101. The Kier molecular flexibility index (Phi) is 4.59. The first-order valence-electron chi connectivity index (χ1n) is 8.90. The number of H-pyrrole nitrogens is 3. The van der Waals surface area contributed by atoms with E-state index < -0.39 is 17.2 Å². The van der Waals surface area contributed by atoms with Crippen molar-refractivity contribution >= 4 is 16.8 Å². The van der Waals surface area contributed by atoms with Crippen molar-refractivity contribution in [3.63, 3.8) is 0 Å². The van der Waals surface area contributed by atoms with Crippen LogP contribution >= 0.6 is 0 Å². The summed E-state index contributed by atoms with van der Waals surface area (Å²) in [7, 11) is 0. The summed E-state index contributed by atoms with van der Waals surface area (Å²) in [5.41, 5.74) is 3.10. The highest BCUT2D eigenvalue weighted by molar-refractivity contribution is 5.93. The highest BCUT2D eigenvalue weighted by Crippen LogP contribution is 2.30. The number of aromatic amines is 3. The van der Waals surface area contributed by atoms with Gasteiger partial charge in [-0.25, -0.2) is 9.18 Å². The van der Waals surface area contributed by atoms with Crippen LogP contribution in [0.2, 0.25) is 0 Å². The molecular formula is C21H17FN4O3. The zero-order valence-electron chi connectivity index (χ0n) is 15.4. The van der Waals surface area contributed by atoms with Crippen molar-refractivity contribution in [3.05, 3.63) is 92.0 Å². The van der Waals surface area contributed by atoms with Gasteiger partial charge in [0.05, 0.1) is 0 Å². The van der Waals surface area contributed by atoms with Crippen molar-refractivity contribution in [3.8, 4) is 11.3 Å². The summed E-state index contributed by atoms with van der Waals surface area (Å²) >= 11 is 0. The summed E-state index contributed by atoms with van der Waals surface area (Å²) < 4.78 is 13.2. The van der Waals surface area contributed by atoms with Crippen LogP contribution in [0.1, 0.15) is 21.6 Å². The van der Waals surface area contributed by atoms with E-state index >= 15 is 0 Å². The minimum atomic E-state index is -0.736. The first-order valence-corrected chi connectivity index (χ1v) is 8.90. The molecule has 0 atom stereocenters. The van der Waals surface area contributed by atoms with E-state index in [0.29, 0.717) is 0 Å². The topological polar surface area (TPSA) is 111 Å². The molecular weight excluding hydrogens is 375 g/mol. The Morgan fingerprint density at radius 2 is 1.76 bits per heavy atom. The van der Waals surface area contributed by atoms with Crippen molar-refractivity contribution in [1.29, 1.82) is 0 Å². The number of hydrogen-bond acceptors (Lipinski definition) is 3. The zero-order valence-corrected chi connectivity index (χ0v) is 15.4. The van der Waals surface area contributed by atoms with Crippen molar-refractivity contribution in [2.45, 2.75) is 13.5 Å². The van der Waals surface area contributed by atoms with Gasteiger partial charge in [0.15, 0.2) is 0 Å². The summed E-state index contributed by atoms with van der Waals surface area (Å²) in [6.45, 7) is 2.20. The number of amides is 1. The quantitative estimate of drug-likeness (QED) is 0.428. The van der Waals surface area contributed by atoms with Gasteiger partial charge in [0, 0.05) is 29.2 Å². The number of aromatic nitrogens is 3. The Morgan fingerprint density at radius 1 is 1.00 bits per heavy atom. The number of fused-ring (bicyclic) bond motifs is 1. The second-order valence-electron chi connectivity index (χ2n) is 6.70. The monoisotopic (exact) mass is 392 g/mol. The van der Waals surface area contributed by atoms with E-state index in [1.165, 1.54) is 12.1 Å². The highest BCUT2D eigenvalue weighted by atomic mass is 19.1. The number of carbonyl (C=O) groups excluding carboxylic acids is 1. The highest BCUT2D eigenvalue weighted by Gasteiger charge is 2.12. The van der Waals surface area contributed by atoms with Crippen LogP contribution in [-0.2, 0) is 6.54 Å². The molecule has 0 unspecified atom stereocenters. The molecule has 0 saturated carbocycles. The molecule has 29 heavy (non-hydrogen) atoms. The summed E-state index contributed by atoms with van der Waals surface area (Å²) in [5.74, 6) is -0.839. The fourth-order valence-corrected chi connectivity index (χ4v) is 3.26. The van der Waals surface area contributed by atoms with Gasteiger partial charge in [0.2, 0.25) is 0 Å². The lowest BCUT2D eigenvalue weighted by Gasteiger charge is -2.05. The van der Waals surface area contributed by atoms with Gasteiger partial charge in [-0.3, -0.25) is 14.6 Å². The van der Waals surface area contributed by atoms with E-state index in [9.17, 15) is 18.8 Å². The normalized spacial score (nSPS) is 11.0. The molecule has 0 aliphatic carbocycles. The zero-order chi connectivity index (χ0) is 20.5. The smallest absolute Gasteiger partial charge is 0.326 e. The van der Waals surface area contributed by atoms with Gasteiger partial charge in [-0.2, -0.15) is 0 Å². The number of aryl methyl sites for hydroxylation is 1. The molecule has 2 heterocycles. The van der Waals surface area contributed by atoms with Gasteiger partial charge in [0.1, 0.15) is 11.5 Å². The molecule has 1 amide bonds. The van der Waals surface area contributed by atoms with E-state index in [1.807, 2.05) is 30.1 Å². The van der Waals surface area contributed by atoms with Gasteiger partial charge < -0.3 is 15.3 Å². The molecule has 0 aliphatic rings. The lowest BCUT2D eigenvalue weighted by molar-refractivity contribution is 0.0945. The lowest BCUT2D eigenvalue weighted by Crippen LogP contribution is -2.30. The second-order valence-corrected chi connectivity index (χ2v) is 6.70. The first kappa shape index (κ1) is 18.4. The van der Waals surface area contributed by atoms with E-state index in [0.717, 1.165) is 39.4 Å². The maximum Gasteiger partial charge on any atom is 0.326 e. The van der Waals surface area contributed by atoms with Crippen molar-refractivity contribution < 1.29 is 9.18 Å². The number of rotatable bonds is 4. The van der Waals surface area contributed by atoms with Gasteiger partial charge in [-0.05, 0) is 60.0 Å². The first-order chi connectivity index (χ1) is 13.9. The molecule has 4 aromatic rings. The van der Waals surface area contributed by atoms with Crippen LogP contribution in [0.4, 0.5) is 4.39 Å². The molecule has 146 valence electrons. The average Bonchev–Trinajstić information content (AvgIpc) is 3.02. The molecule has 2 aromatic heterocycles. The van der Waals surface area contributed by atoms with Crippen LogP contribution in [0.3, 0.4) is 0 Å². The number of nitrogens with one attached hydrogen (secondary N) is 4. The minimum Gasteiger partial charge on any atom is -0.354 e. The fraction of sp³-hybridized carbons (Fsp3) is 0.0952. The number of carbonyl (C=O) groups is 1. The van der Waals surface area contributed by atoms with Gasteiger partial charge in [0.25, 0.3) is 11.5 Å². The van der Waals surface area contributed by atoms with Gasteiger partial charge in [-0.1, -0.05) is 6.07 Å². The van der Waals surface area contributed by atoms with E-state index in [1.54, 1.807) is 12.1 Å². The molecule has 2 aromatic carbocycles. The van der Waals surface area contributed by atoms with Crippen molar-refractivity contribution in [1.82, 2.24) is 20.3 Å². The van der Waals surface area contributed by atoms with Gasteiger partial charge >= 0.3 is 5.69 Å². The summed E-state index contributed by atoms with van der Waals surface area (Å²) in [4.78, 5) is 42.5. The fourth-order valence-electron chi connectivity index (χ4n) is 3.26. The molecule has 0 fully saturated rings. The van der Waals surface area contributed by atoms with Crippen LogP contribution in [0, 0.1) is 12.7 Å². The second kappa shape index (κ2) is 7.23. The third kappa shape index (κ3) is 3.73. The molecule has 0 bridgehead atoms. The maximum absolute atomic E-state index is 13.2. The Hall–Kier alpha value is -3.94. The summed E-state index contributed by atoms with van der Waals surface area (Å²) in [5, 5.41) is 3.67. The predicted molar refractivity (Wildman–Crippen MR) is 107 cm³/mol. The lowest BCUT2D eigenvalue weighted by atomic mass is 10.0. The number of hydrogen-bond donors (Lipinski definition) is 4. The van der Waals surface area contributed by atoms with Crippen molar-refractivity contribution in [2.24, 2.45) is 0 Å². The molecule has 0 aliphatic heterocycles. The molecule has 0 spiro atoms. The Bertz CT molecular complexity index is 1300. The third-order valence-corrected chi connectivity index (χ3v) is 4.71. The van der Waals surface area contributed by atoms with E-state index in [2.05, 4.69) is 15.3 Å². The number of benzene rings is 2. The van der Waals surface area contributed by atoms with Crippen LogP contribution in [0.5, 0.6) is 0 Å². The van der Waals surface area contributed by atoms with E-state index in [-0.39, 0.29) is 18.1 Å². The molecule has 4 N–H and O–H groups in total.